The van der Waals surface area contributed by atoms with Crippen LogP contribution < -0.4 is 15.8 Å². The summed E-state index contributed by atoms with van der Waals surface area (Å²) in [6.45, 7) is 1.93. The molecule has 3 N–H and O–H groups in total. The van der Waals surface area contributed by atoms with Crippen LogP contribution >= 0.6 is 0 Å². The fraction of sp³-hybridized carbons (Fsp3) is 0.333. The summed E-state index contributed by atoms with van der Waals surface area (Å²) in [7, 11) is 1.44. The van der Waals surface area contributed by atoms with Crippen LogP contribution in [-0.4, -0.2) is 32.1 Å². The van der Waals surface area contributed by atoms with Gasteiger partial charge in [0.25, 0.3) is 5.91 Å². The van der Waals surface area contributed by atoms with Crippen LogP contribution in [0, 0.1) is 0 Å². The number of methoxy groups -OCH3 is 1. The number of ether oxygens (including phenoxy) is 2. The smallest absolute Gasteiger partial charge is 0.342 e. The minimum absolute atomic E-state index is 0.196. The Morgan fingerprint density at radius 2 is 2.11 bits per heavy atom. The van der Waals surface area contributed by atoms with Crippen LogP contribution in [0.4, 0.5) is 5.69 Å². The van der Waals surface area contributed by atoms with Gasteiger partial charge in [0, 0.05) is 12.2 Å². The lowest BCUT2D eigenvalue weighted by Crippen LogP contribution is -2.28. The van der Waals surface area contributed by atoms with E-state index in [1.54, 1.807) is 19.1 Å². The van der Waals surface area contributed by atoms with Crippen molar-refractivity contribution in [2.75, 3.05) is 26.0 Å². The van der Waals surface area contributed by atoms with E-state index in [9.17, 15) is 9.59 Å². The lowest BCUT2D eigenvalue weighted by Gasteiger charge is -2.09. The monoisotopic (exact) mass is 252 g/mol. The van der Waals surface area contributed by atoms with Crippen LogP contribution in [0.15, 0.2) is 18.2 Å². The van der Waals surface area contributed by atoms with Gasteiger partial charge in [-0.1, -0.05) is 0 Å². The molecule has 6 heteroatoms. The van der Waals surface area contributed by atoms with E-state index in [4.69, 9.17) is 15.2 Å². The molecule has 1 rings (SSSR count). The predicted octanol–water partition coefficient (Wildman–Crippen LogP) is 0.570. The molecule has 98 valence electrons. The fourth-order valence-corrected chi connectivity index (χ4v) is 1.34. The third-order valence-corrected chi connectivity index (χ3v) is 2.15. The van der Waals surface area contributed by atoms with Gasteiger partial charge >= 0.3 is 5.97 Å². The highest BCUT2D eigenvalue weighted by Gasteiger charge is 2.15. The van der Waals surface area contributed by atoms with Gasteiger partial charge in [-0.05, 0) is 25.1 Å². The van der Waals surface area contributed by atoms with Crippen molar-refractivity contribution in [3.8, 4) is 5.75 Å². The molecule has 0 heterocycles. The summed E-state index contributed by atoms with van der Waals surface area (Å²) >= 11 is 0. The summed E-state index contributed by atoms with van der Waals surface area (Å²) in [5.74, 6) is -0.649. The highest BCUT2D eigenvalue weighted by molar-refractivity contribution is 5.94. The summed E-state index contributed by atoms with van der Waals surface area (Å²) in [6, 6.07) is 4.62. The molecule has 0 aliphatic rings. The summed E-state index contributed by atoms with van der Waals surface area (Å²) in [4.78, 5) is 22.9. The first-order chi connectivity index (χ1) is 8.58. The second kappa shape index (κ2) is 6.48. The Morgan fingerprint density at radius 1 is 1.39 bits per heavy atom. The summed E-state index contributed by atoms with van der Waals surface area (Å²) in [5, 5.41) is 2.52. The molecule has 0 saturated heterocycles. The van der Waals surface area contributed by atoms with Crippen LogP contribution in [0.25, 0.3) is 0 Å². The molecule has 0 spiro atoms. The van der Waals surface area contributed by atoms with Crippen LogP contribution in [0.5, 0.6) is 5.75 Å². The van der Waals surface area contributed by atoms with Crippen molar-refractivity contribution in [1.29, 1.82) is 0 Å². The fourth-order valence-electron chi connectivity index (χ4n) is 1.34. The average molecular weight is 252 g/mol. The number of nitrogens with one attached hydrogen (secondary N) is 1. The Morgan fingerprint density at radius 3 is 2.72 bits per heavy atom. The Kier molecular flexibility index (Phi) is 4.98. The largest absolute Gasteiger partial charge is 0.496 e. The maximum atomic E-state index is 11.7. The molecular weight excluding hydrogens is 236 g/mol. The number of anilines is 1. The maximum absolute atomic E-state index is 11.7. The van der Waals surface area contributed by atoms with Crippen molar-refractivity contribution >= 4 is 17.6 Å². The molecular formula is C12H16N2O4. The number of nitrogens with two attached hydrogens (primary N) is 1. The quantitative estimate of drug-likeness (QED) is 0.590. The zero-order valence-corrected chi connectivity index (χ0v) is 10.4. The Balaban J connectivity index is 2.71. The third-order valence-electron chi connectivity index (χ3n) is 2.15. The van der Waals surface area contributed by atoms with E-state index < -0.39 is 5.97 Å². The van der Waals surface area contributed by atoms with Crippen molar-refractivity contribution in [3.63, 3.8) is 0 Å². The molecule has 1 aromatic rings. The zero-order valence-electron chi connectivity index (χ0n) is 10.4. The molecule has 0 unspecified atom stereocenters. The van der Waals surface area contributed by atoms with Crippen molar-refractivity contribution in [3.05, 3.63) is 23.8 Å². The minimum atomic E-state index is -0.648. The van der Waals surface area contributed by atoms with E-state index in [0.717, 1.165) is 0 Å². The highest BCUT2D eigenvalue weighted by Crippen LogP contribution is 2.21. The van der Waals surface area contributed by atoms with E-state index in [1.807, 2.05) is 0 Å². The first-order valence-corrected chi connectivity index (χ1v) is 5.45. The first kappa shape index (κ1) is 13.8. The molecule has 0 atom stereocenters. The van der Waals surface area contributed by atoms with Crippen molar-refractivity contribution in [2.45, 2.75) is 6.92 Å². The normalized spacial score (nSPS) is 9.67. The maximum Gasteiger partial charge on any atom is 0.342 e. The second-order valence-corrected chi connectivity index (χ2v) is 3.49. The summed E-state index contributed by atoms with van der Waals surface area (Å²) < 4.78 is 9.87. The summed E-state index contributed by atoms with van der Waals surface area (Å²) in [5.41, 5.74) is 6.19. The van der Waals surface area contributed by atoms with Crippen LogP contribution in [-0.2, 0) is 9.53 Å². The number of benzene rings is 1. The Hall–Kier alpha value is -2.24. The van der Waals surface area contributed by atoms with E-state index in [0.29, 0.717) is 18.0 Å². The third kappa shape index (κ3) is 3.65. The molecule has 1 aromatic carbocycles. The van der Waals surface area contributed by atoms with Crippen LogP contribution in [0.2, 0.25) is 0 Å². The number of hydrogen-bond donors (Lipinski definition) is 2. The number of carbonyl (C=O) groups is 2. The predicted molar refractivity (Wildman–Crippen MR) is 66.4 cm³/mol. The molecule has 6 nitrogen and oxygen atoms in total. The Labute approximate surface area is 105 Å². The number of amides is 1. The molecule has 18 heavy (non-hydrogen) atoms. The second-order valence-electron chi connectivity index (χ2n) is 3.49. The van der Waals surface area contributed by atoms with E-state index in [-0.39, 0.29) is 18.1 Å². The molecule has 0 fully saturated rings. The number of esters is 1. The first-order valence-electron chi connectivity index (χ1n) is 5.45. The molecule has 0 bridgehead atoms. The molecule has 0 aliphatic carbocycles. The molecule has 0 aliphatic heterocycles. The van der Waals surface area contributed by atoms with Gasteiger partial charge in [0.05, 0.1) is 7.11 Å². The number of likely N-dealkylation sites (N-methyl/N-ethyl adjacent to an activating group) is 1. The zero-order chi connectivity index (χ0) is 13.5. The molecule has 0 saturated carbocycles. The van der Waals surface area contributed by atoms with Gasteiger partial charge in [0.2, 0.25) is 0 Å². The van der Waals surface area contributed by atoms with Gasteiger partial charge in [-0.15, -0.1) is 0 Å². The lowest BCUT2D eigenvalue weighted by atomic mass is 10.2. The van der Waals surface area contributed by atoms with Gasteiger partial charge < -0.3 is 20.5 Å². The summed E-state index contributed by atoms with van der Waals surface area (Å²) in [6.07, 6.45) is 0. The van der Waals surface area contributed by atoms with Gasteiger partial charge in [0.1, 0.15) is 11.3 Å². The van der Waals surface area contributed by atoms with Gasteiger partial charge in [0.15, 0.2) is 6.61 Å². The van der Waals surface area contributed by atoms with Gasteiger partial charge in [-0.25, -0.2) is 4.79 Å². The molecule has 0 radical (unpaired) electrons. The highest BCUT2D eigenvalue weighted by atomic mass is 16.5. The van der Waals surface area contributed by atoms with Gasteiger partial charge in [-0.2, -0.15) is 0 Å². The van der Waals surface area contributed by atoms with Crippen molar-refractivity contribution < 1.29 is 19.1 Å². The lowest BCUT2D eigenvalue weighted by molar-refractivity contribution is -0.124. The molecule has 0 aromatic heterocycles. The number of rotatable bonds is 5. The van der Waals surface area contributed by atoms with E-state index >= 15 is 0 Å². The van der Waals surface area contributed by atoms with Crippen LogP contribution in [0.3, 0.4) is 0 Å². The van der Waals surface area contributed by atoms with E-state index in [2.05, 4.69) is 5.32 Å². The van der Waals surface area contributed by atoms with Gasteiger partial charge in [-0.3, -0.25) is 4.79 Å². The van der Waals surface area contributed by atoms with E-state index in [1.165, 1.54) is 13.2 Å². The SMILES string of the molecule is CCNC(=O)COC(=O)c1cc(N)ccc1OC. The average Bonchev–Trinajstić information content (AvgIpc) is 2.36. The number of carbonyl (C=O) groups excluding carboxylic acids is 2. The van der Waals surface area contributed by atoms with Crippen molar-refractivity contribution in [1.82, 2.24) is 5.32 Å². The minimum Gasteiger partial charge on any atom is -0.496 e. The number of nitrogen functional groups attached to an aromatic ring is 1. The van der Waals surface area contributed by atoms with Crippen molar-refractivity contribution in [2.24, 2.45) is 0 Å². The standard InChI is InChI=1S/C12H16N2O4/c1-3-14-11(15)7-18-12(16)9-6-8(13)4-5-10(9)17-2/h4-6H,3,7,13H2,1-2H3,(H,14,15). The molecule has 1 amide bonds. The Bertz CT molecular complexity index is 446. The topological polar surface area (TPSA) is 90.7 Å². The number of hydrogen-bond acceptors (Lipinski definition) is 5. The van der Waals surface area contributed by atoms with Crippen LogP contribution in [0.1, 0.15) is 17.3 Å².